The summed E-state index contributed by atoms with van der Waals surface area (Å²) in [5, 5.41) is 12.5. The smallest absolute Gasteiger partial charge is 0.236 e. The minimum Gasteiger partial charge on any atom is -0.393 e. The molecule has 4 atom stereocenters. The monoisotopic (exact) mass is 200 g/mol. The Morgan fingerprint density at radius 3 is 2.71 bits per heavy atom. The fraction of sp³-hybridized carbons (Fsp3) is 0.900. The first-order chi connectivity index (χ1) is 6.50. The molecule has 4 nitrogen and oxygen atoms in total. The van der Waals surface area contributed by atoms with E-state index in [2.05, 4.69) is 5.32 Å². The van der Waals surface area contributed by atoms with Crippen molar-refractivity contribution in [3.8, 4) is 0 Å². The van der Waals surface area contributed by atoms with Gasteiger partial charge >= 0.3 is 0 Å². The van der Waals surface area contributed by atoms with Crippen molar-refractivity contribution < 1.29 is 9.90 Å². The van der Waals surface area contributed by atoms with Crippen molar-refractivity contribution in [1.82, 2.24) is 5.32 Å². The largest absolute Gasteiger partial charge is 0.393 e. The number of amides is 1. The summed E-state index contributed by atoms with van der Waals surface area (Å²) >= 11 is 0. The van der Waals surface area contributed by atoms with Crippen LogP contribution in [0.25, 0.3) is 0 Å². The number of nitrogens with one attached hydrogen (secondary N) is 1. The van der Waals surface area contributed by atoms with E-state index in [1.807, 2.05) is 6.92 Å². The molecule has 1 amide bonds. The second-order valence-electron chi connectivity index (χ2n) is 4.35. The first-order valence-corrected chi connectivity index (χ1v) is 5.24. The van der Waals surface area contributed by atoms with Crippen LogP contribution in [0.15, 0.2) is 0 Å². The zero-order valence-electron chi connectivity index (χ0n) is 8.86. The Morgan fingerprint density at radius 1 is 1.57 bits per heavy atom. The van der Waals surface area contributed by atoms with E-state index in [1.165, 1.54) is 0 Å². The highest BCUT2D eigenvalue weighted by Crippen LogP contribution is 2.24. The van der Waals surface area contributed by atoms with E-state index in [-0.39, 0.29) is 18.1 Å². The number of hydrogen-bond acceptors (Lipinski definition) is 3. The van der Waals surface area contributed by atoms with Gasteiger partial charge in [-0.1, -0.05) is 6.92 Å². The highest BCUT2D eigenvalue weighted by Gasteiger charge is 2.27. The van der Waals surface area contributed by atoms with Gasteiger partial charge in [0.1, 0.15) is 0 Å². The average molecular weight is 200 g/mol. The lowest BCUT2D eigenvalue weighted by Crippen LogP contribution is -2.47. The van der Waals surface area contributed by atoms with Gasteiger partial charge in [-0.25, -0.2) is 0 Å². The van der Waals surface area contributed by atoms with Crippen molar-refractivity contribution >= 4 is 5.91 Å². The van der Waals surface area contributed by atoms with Crippen molar-refractivity contribution in [2.24, 2.45) is 11.7 Å². The zero-order chi connectivity index (χ0) is 10.7. The normalized spacial score (nSPS) is 35.0. The third kappa shape index (κ3) is 2.96. The lowest BCUT2D eigenvalue weighted by Gasteiger charge is -2.31. The second kappa shape index (κ2) is 4.75. The van der Waals surface area contributed by atoms with Gasteiger partial charge < -0.3 is 16.2 Å². The molecule has 0 aromatic carbocycles. The summed E-state index contributed by atoms with van der Waals surface area (Å²) in [5.74, 6) is 0.218. The van der Waals surface area contributed by atoms with E-state index in [1.54, 1.807) is 6.92 Å². The van der Waals surface area contributed by atoms with Crippen LogP contribution in [0.4, 0.5) is 0 Å². The van der Waals surface area contributed by atoms with Gasteiger partial charge in [0.15, 0.2) is 0 Å². The molecule has 1 rings (SSSR count). The average Bonchev–Trinajstić information content (AvgIpc) is 2.11. The molecule has 0 radical (unpaired) electrons. The van der Waals surface area contributed by atoms with Crippen LogP contribution in [0.1, 0.15) is 33.1 Å². The minimum absolute atomic E-state index is 0.0969. The first kappa shape index (κ1) is 11.5. The van der Waals surface area contributed by atoms with Crippen LogP contribution in [0.5, 0.6) is 0 Å². The molecule has 1 aliphatic rings. The molecule has 0 spiro atoms. The summed E-state index contributed by atoms with van der Waals surface area (Å²) in [5.41, 5.74) is 5.44. The van der Waals surface area contributed by atoms with Crippen LogP contribution in [0, 0.1) is 5.92 Å². The van der Waals surface area contributed by atoms with Crippen LogP contribution < -0.4 is 11.1 Å². The zero-order valence-corrected chi connectivity index (χ0v) is 8.86. The minimum atomic E-state index is -0.466. The van der Waals surface area contributed by atoms with Crippen LogP contribution in [0.3, 0.4) is 0 Å². The molecule has 0 unspecified atom stereocenters. The molecule has 14 heavy (non-hydrogen) atoms. The van der Waals surface area contributed by atoms with Crippen LogP contribution >= 0.6 is 0 Å². The number of nitrogens with two attached hydrogens (primary N) is 1. The number of aliphatic hydroxyl groups is 1. The van der Waals surface area contributed by atoms with E-state index in [0.29, 0.717) is 12.3 Å². The first-order valence-electron chi connectivity index (χ1n) is 5.24. The summed E-state index contributed by atoms with van der Waals surface area (Å²) in [4.78, 5) is 11.3. The van der Waals surface area contributed by atoms with Gasteiger partial charge in [-0.05, 0) is 32.1 Å². The molecule has 0 aromatic heterocycles. The Kier molecular flexibility index (Phi) is 3.89. The number of aliphatic hydroxyl groups excluding tert-OH is 1. The summed E-state index contributed by atoms with van der Waals surface area (Å²) in [6.45, 7) is 3.70. The molecule has 0 aliphatic heterocycles. The Bertz CT molecular complexity index is 206. The molecule has 0 saturated heterocycles. The standard InChI is InChI=1S/C10H20N2O2/c1-6-3-4-8(5-9(6)13)12-10(14)7(2)11/h6-9,13H,3-5,11H2,1-2H3,(H,12,14)/t6-,7+,8-,9-/m0/s1. The maximum Gasteiger partial charge on any atom is 0.236 e. The predicted octanol–water partition coefficient (Wildman–Crippen LogP) is -0.000700. The lowest BCUT2D eigenvalue weighted by atomic mass is 9.85. The van der Waals surface area contributed by atoms with Gasteiger partial charge in [0.05, 0.1) is 12.1 Å². The van der Waals surface area contributed by atoms with Crippen LogP contribution in [-0.4, -0.2) is 29.2 Å². The molecule has 0 aromatic rings. The van der Waals surface area contributed by atoms with E-state index >= 15 is 0 Å². The molecular weight excluding hydrogens is 180 g/mol. The van der Waals surface area contributed by atoms with Crippen LogP contribution in [-0.2, 0) is 4.79 Å². The maximum atomic E-state index is 11.3. The quantitative estimate of drug-likeness (QED) is 0.587. The summed E-state index contributed by atoms with van der Waals surface area (Å²) in [7, 11) is 0. The fourth-order valence-corrected chi connectivity index (χ4v) is 1.76. The van der Waals surface area contributed by atoms with E-state index in [9.17, 15) is 9.90 Å². The van der Waals surface area contributed by atoms with Crippen molar-refractivity contribution in [2.45, 2.75) is 51.3 Å². The molecule has 0 heterocycles. The van der Waals surface area contributed by atoms with E-state index in [0.717, 1.165) is 12.8 Å². The summed E-state index contributed by atoms with van der Waals surface area (Å²) < 4.78 is 0. The molecule has 4 heteroatoms. The SMILES string of the molecule is C[C@@H](N)C(=O)N[C@H]1CC[C@H](C)[C@@H](O)C1. The molecule has 1 saturated carbocycles. The number of carbonyl (C=O) groups excluding carboxylic acids is 1. The molecule has 1 fully saturated rings. The molecule has 4 N–H and O–H groups in total. The maximum absolute atomic E-state index is 11.3. The number of carbonyl (C=O) groups is 1. The highest BCUT2D eigenvalue weighted by molar-refractivity contribution is 5.81. The van der Waals surface area contributed by atoms with Crippen molar-refractivity contribution in [1.29, 1.82) is 0 Å². The van der Waals surface area contributed by atoms with Gasteiger partial charge in [0.2, 0.25) is 5.91 Å². The van der Waals surface area contributed by atoms with Crippen molar-refractivity contribution in [3.63, 3.8) is 0 Å². The fourth-order valence-electron chi connectivity index (χ4n) is 1.76. The van der Waals surface area contributed by atoms with E-state index in [4.69, 9.17) is 5.73 Å². The Balaban J connectivity index is 2.37. The third-order valence-electron chi connectivity index (χ3n) is 2.91. The number of rotatable bonds is 2. The third-order valence-corrected chi connectivity index (χ3v) is 2.91. The lowest BCUT2D eigenvalue weighted by molar-refractivity contribution is -0.123. The Morgan fingerprint density at radius 2 is 2.21 bits per heavy atom. The highest BCUT2D eigenvalue weighted by atomic mass is 16.3. The molecule has 0 bridgehead atoms. The summed E-state index contributed by atoms with van der Waals surface area (Å²) in [6.07, 6.45) is 2.27. The number of hydrogen-bond donors (Lipinski definition) is 3. The Hall–Kier alpha value is -0.610. The van der Waals surface area contributed by atoms with E-state index < -0.39 is 6.04 Å². The topological polar surface area (TPSA) is 75.4 Å². The van der Waals surface area contributed by atoms with Crippen molar-refractivity contribution in [3.05, 3.63) is 0 Å². The van der Waals surface area contributed by atoms with Gasteiger partial charge in [-0.2, -0.15) is 0 Å². The van der Waals surface area contributed by atoms with Gasteiger partial charge in [-0.3, -0.25) is 4.79 Å². The van der Waals surface area contributed by atoms with Gasteiger partial charge in [-0.15, -0.1) is 0 Å². The molecule has 82 valence electrons. The van der Waals surface area contributed by atoms with Gasteiger partial charge in [0.25, 0.3) is 0 Å². The molecule has 1 aliphatic carbocycles. The predicted molar refractivity (Wildman–Crippen MR) is 54.6 cm³/mol. The Labute approximate surface area is 84.9 Å². The van der Waals surface area contributed by atoms with Gasteiger partial charge in [0, 0.05) is 6.04 Å². The summed E-state index contributed by atoms with van der Waals surface area (Å²) in [6, 6.07) is -0.369. The molecular formula is C10H20N2O2. The second-order valence-corrected chi connectivity index (χ2v) is 4.35. The van der Waals surface area contributed by atoms with Crippen LogP contribution in [0.2, 0.25) is 0 Å². The van der Waals surface area contributed by atoms with Crippen molar-refractivity contribution in [2.75, 3.05) is 0 Å².